The first-order valence-corrected chi connectivity index (χ1v) is 9.35. The summed E-state index contributed by atoms with van der Waals surface area (Å²) in [5.74, 6) is -0.0268. The van der Waals surface area contributed by atoms with Crippen LogP contribution in [-0.4, -0.2) is 10.8 Å². The maximum absolute atomic E-state index is 12.8. The molecule has 0 aliphatic rings. The Bertz CT molecular complexity index is 1160. The molecule has 0 saturated heterocycles. The summed E-state index contributed by atoms with van der Waals surface area (Å²) < 4.78 is 0. The van der Waals surface area contributed by atoms with E-state index in [0.29, 0.717) is 5.56 Å². The molecule has 0 saturated carbocycles. The molecule has 0 radical (unpaired) electrons. The van der Waals surface area contributed by atoms with Gasteiger partial charge in [0.15, 0.2) is 5.78 Å². The standard InChI is InChI=1S/C25H22N2O/c1-17-18(2)26-21-14-9-15-22(25(17)21)27-23(19-10-5-3-6-11-19)16-24(28)20-12-7-4-8-13-20/h3-16,26-27H,1-2H3/b23-16-. The van der Waals surface area contributed by atoms with E-state index in [4.69, 9.17) is 0 Å². The van der Waals surface area contributed by atoms with E-state index < -0.39 is 0 Å². The average molecular weight is 366 g/mol. The van der Waals surface area contributed by atoms with Crippen molar-refractivity contribution in [2.45, 2.75) is 13.8 Å². The number of benzene rings is 3. The number of H-pyrrole nitrogens is 1. The molecule has 1 aromatic heterocycles. The number of anilines is 1. The second kappa shape index (κ2) is 7.57. The van der Waals surface area contributed by atoms with Gasteiger partial charge in [-0.05, 0) is 37.1 Å². The molecule has 1 heterocycles. The minimum absolute atomic E-state index is 0.0268. The first kappa shape index (κ1) is 17.8. The van der Waals surface area contributed by atoms with Crippen molar-refractivity contribution in [3.63, 3.8) is 0 Å². The van der Waals surface area contributed by atoms with Crippen molar-refractivity contribution in [2.75, 3.05) is 5.32 Å². The highest BCUT2D eigenvalue weighted by atomic mass is 16.1. The van der Waals surface area contributed by atoms with E-state index in [1.807, 2.05) is 72.8 Å². The van der Waals surface area contributed by atoms with Crippen LogP contribution in [0.15, 0.2) is 84.9 Å². The van der Waals surface area contributed by atoms with Crippen LogP contribution in [0, 0.1) is 13.8 Å². The first-order valence-electron chi connectivity index (χ1n) is 9.35. The Hall–Kier alpha value is -3.59. The number of aryl methyl sites for hydroxylation is 2. The average Bonchev–Trinajstić information content (AvgIpc) is 3.03. The van der Waals surface area contributed by atoms with Gasteiger partial charge in [-0.3, -0.25) is 4.79 Å². The lowest BCUT2D eigenvalue weighted by molar-refractivity contribution is 0.104. The monoisotopic (exact) mass is 366 g/mol. The molecule has 0 atom stereocenters. The number of nitrogens with one attached hydrogen (secondary N) is 2. The number of carbonyl (C=O) groups is 1. The number of carbonyl (C=O) groups excluding carboxylic acids is 1. The van der Waals surface area contributed by atoms with Crippen LogP contribution in [0.1, 0.15) is 27.2 Å². The Morgan fingerprint density at radius 2 is 1.46 bits per heavy atom. The van der Waals surface area contributed by atoms with Gasteiger partial charge in [-0.1, -0.05) is 66.7 Å². The Kier molecular flexibility index (Phi) is 4.81. The molecular formula is C25H22N2O. The van der Waals surface area contributed by atoms with Gasteiger partial charge in [0.1, 0.15) is 0 Å². The topological polar surface area (TPSA) is 44.9 Å². The van der Waals surface area contributed by atoms with Crippen LogP contribution in [0.2, 0.25) is 0 Å². The fraction of sp³-hybridized carbons (Fsp3) is 0.0800. The molecule has 0 aliphatic heterocycles. The molecular weight excluding hydrogens is 344 g/mol. The summed E-state index contributed by atoms with van der Waals surface area (Å²) in [7, 11) is 0. The summed E-state index contributed by atoms with van der Waals surface area (Å²) in [6.07, 6.45) is 1.68. The van der Waals surface area contributed by atoms with Gasteiger partial charge < -0.3 is 10.3 Å². The molecule has 4 rings (SSSR count). The van der Waals surface area contributed by atoms with Gasteiger partial charge in [-0.15, -0.1) is 0 Å². The molecule has 0 unspecified atom stereocenters. The van der Waals surface area contributed by atoms with E-state index in [1.54, 1.807) is 6.08 Å². The third-order valence-electron chi connectivity index (χ3n) is 5.01. The van der Waals surface area contributed by atoms with Gasteiger partial charge in [-0.2, -0.15) is 0 Å². The van der Waals surface area contributed by atoms with Crippen LogP contribution in [0.3, 0.4) is 0 Å². The summed E-state index contributed by atoms with van der Waals surface area (Å²) in [5, 5.41) is 4.66. The minimum atomic E-state index is -0.0268. The molecule has 3 aromatic carbocycles. The Morgan fingerprint density at radius 3 is 2.14 bits per heavy atom. The largest absolute Gasteiger partial charge is 0.358 e. The number of aromatic amines is 1. The van der Waals surface area contributed by atoms with Crippen LogP contribution in [0.5, 0.6) is 0 Å². The van der Waals surface area contributed by atoms with Gasteiger partial charge in [0.05, 0.1) is 0 Å². The Morgan fingerprint density at radius 1 is 0.821 bits per heavy atom. The third-order valence-corrected chi connectivity index (χ3v) is 5.01. The number of aromatic nitrogens is 1. The summed E-state index contributed by atoms with van der Waals surface area (Å²) in [5.41, 5.74) is 6.84. The quantitative estimate of drug-likeness (QED) is 0.330. The van der Waals surface area contributed by atoms with Crippen LogP contribution in [0.4, 0.5) is 5.69 Å². The highest BCUT2D eigenvalue weighted by Gasteiger charge is 2.12. The van der Waals surface area contributed by atoms with Gasteiger partial charge in [-0.25, -0.2) is 0 Å². The number of ketones is 1. The molecule has 2 N–H and O–H groups in total. The lowest BCUT2D eigenvalue weighted by Crippen LogP contribution is -2.04. The fourth-order valence-electron chi connectivity index (χ4n) is 3.42. The molecule has 0 bridgehead atoms. The van der Waals surface area contributed by atoms with Crippen molar-refractivity contribution in [1.29, 1.82) is 0 Å². The fourth-order valence-corrected chi connectivity index (χ4v) is 3.42. The van der Waals surface area contributed by atoms with E-state index in [0.717, 1.165) is 33.5 Å². The van der Waals surface area contributed by atoms with Gasteiger partial charge in [0.2, 0.25) is 0 Å². The lowest BCUT2D eigenvalue weighted by atomic mass is 10.1. The van der Waals surface area contributed by atoms with Gasteiger partial charge in [0.25, 0.3) is 0 Å². The van der Waals surface area contributed by atoms with Crippen LogP contribution < -0.4 is 5.32 Å². The lowest BCUT2D eigenvalue weighted by Gasteiger charge is -2.13. The molecule has 0 spiro atoms. The molecule has 138 valence electrons. The number of hydrogen-bond donors (Lipinski definition) is 2. The van der Waals surface area contributed by atoms with E-state index in [1.165, 1.54) is 5.56 Å². The van der Waals surface area contributed by atoms with Gasteiger partial charge >= 0.3 is 0 Å². The minimum Gasteiger partial charge on any atom is -0.358 e. The zero-order chi connectivity index (χ0) is 19.5. The van der Waals surface area contributed by atoms with Crippen LogP contribution in [0.25, 0.3) is 16.6 Å². The SMILES string of the molecule is Cc1[nH]c2cccc(N/C(=C\C(=O)c3ccccc3)c3ccccc3)c2c1C. The normalized spacial score (nSPS) is 11.6. The van der Waals surface area contributed by atoms with Crippen molar-refractivity contribution in [3.05, 3.63) is 107 Å². The molecule has 0 fully saturated rings. The van der Waals surface area contributed by atoms with Crippen LogP contribution in [-0.2, 0) is 0 Å². The predicted octanol–water partition coefficient (Wildman–Crippen LogP) is 6.12. The molecule has 0 amide bonds. The second-order valence-corrected chi connectivity index (χ2v) is 6.88. The zero-order valence-electron chi connectivity index (χ0n) is 16.0. The molecule has 4 aromatic rings. The third kappa shape index (κ3) is 3.47. The van der Waals surface area contributed by atoms with E-state index in [9.17, 15) is 4.79 Å². The smallest absolute Gasteiger partial charge is 0.187 e. The summed E-state index contributed by atoms with van der Waals surface area (Å²) in [6.45, 7) is 4.19. The molecule has 28 heavy (non-hydrogen) atoms. The summed E-state index contributed by atoms with van der Waals surface area (Å²) in [4.78, 5) is 16.3. The predicted molar refractivity (Wildman–Crippen MR) is 117 cm³/mol. The van der Waals surface area contributed by atoms with E-state index in [-0.39, 0.29) is 5.78 Å². The van der Waals surface area contributed by atoms with Crippen molar-refractivity contribution in [3.8, 4) is 0 Å². The second-order valence-electron chi connectivity index (χ2n) is 6.88. The molecule has 3 heteroatoms. The zero-order valence-corrected chi connectivity index (χ0v) is 16.0. The number of fused-ring (bicyclic) bond motifs is 1. The van der Waals surface area contributed by atoms with E-state index in [2.05, 4.69) is 30.2 Å². The highest BCUT2D eigenvalue weighted by Crippen LogP contribution is 2.31. The Balaban J connectivity index is 1.80. The maximum Gasteiger partial charge on any atom is 0.187 e. The van der Waals surface area contributed by atoms with Crippen LogP contribution >= 0.6 is 0 Å². The van der Waals surface area contributed by atoms with Gasteiger partial charge in [0, 0.05) is 39.6 Å². The van der Waals surface area contributed by atoms with Crippen molar-refractivity contribution < 1.29 is 4.79 Å². The maximum atomic E-state index is 12.8. The van der Waals surface area contributed by atoms with E-state index >= 15 is 0 Å². The number of hydrogen-bond acceptors (Lipinski definition) is 2. The van der Waals surface area contributed by atoms with Crippen molar-refractivity contribution >= 4 is 28.1 Å². The Labute approximate surface area is 164 Å². The van der Waals surface area contributed by atoms with Crippen molar-refractivity contribution in [1.82, 2.24) is 4.98 Å². The number of allylic oxidation sites excluding steroid dienone is 1. The molecule has 0 aliphatic carbocycles. The first-order chi connectivity index (χ1) is 13.6. The molecule has 3 nitrogen and oxygen atoms in total. The number of rotatable bonds is 5. The summed E-state index contributed by atoms with van der Waals surface area (Å²) >= 11 is 0. The highest BCUT2D eigenvalue weighted by molar-refractivity contribution is 6.10. The summed E-state index contributed by atoms with van der Waals surface area (Å²) in [6, 6.07) is 25.4. The van der Waals surface area contributed by atoms with Crippen molar-refractivity contribution in [2.24, 2.45) is 0 Å².